The molecule has 0 fully saturated rings. The van der Waals surface area contributed by atoms with Gasteiger partial charge in [-0.2, -0.15) is 0 Å². The Labute approximate surface area is 49.3 Å². The van der Waals surface area contributed by atoms with E-state index in [1.54, 1.807) is 7.05 Å². The molecule has 3 nitrogen and oxygen atoms in total. The van der Waals surface area contributed by atoms with Gasteiger partial charge in [0.05, 0.1) is 6.01 Å². The normalized spacial score (nSPS) is 11.9. The van der Waals surface area contributed by atoms with E-state index in [1.807, 2.05) is 6.92 Å². The number of rotatable bonds is 2. The molecule has 0 aromatic rings. The van der Waals surface area contributed by atoms with E-state index in [9.17, 15) is 0 Å². The standard InChI is InChI=1S/C5H11N3/c1-3-5(6)8-4-7-2/h5H,3,6H2,1-2H3. The molecule has 0 spiro atoms. The van der Waals surface area contributed by atoms with Gasteiger partial charge < -0.3 is 5.73 Å². The first-order valence-corrected chi connectivity index (χ1v) is 2.60. The maximum Gasteiger partial charge on any atom is 0.108 e. The van der Waals surface area contributed by atoms with Crippen molar-refractivity contribution >= 4 is 6.01 Å². The molecule has 0 rings (SSSR count). The van der Waals surface area contributed by atoms with Crippen molar-refractivity contribution in [3.05, 3.63) is 0 Å². The lowest BCUT2D eigenvalue weighted by molar-refractivity contribution is 0.688. The summed E-state index contributed by atoms with van der Waals surface area (Å²) in [4.78, 5) is 7.25. The minimum Gasteiger partial charge on any atom is -0.309 e. The van der Waals surface area contributed by atoms with Crippen molar-refractivity contribution in [2.45, 2.75) is 19.5 Å². The molecular formula is C5H11N3. The van der Waals surface area contributed by atoms with Crippen molar-refractivity contribution in [3.63, 3.8) is 0 Å². The summed E-state index contributed by atoms with van der Waals surface area (Å²) in [5.41, 5.74) is 5.37. The van der Waals surface area contributed by atoms with Crippen LogP contribution in [-0.2, 0) is 0 Å². The van der Waals surface area contributed by atoms with Gasteiger partial charge in [-0.05, 0) is 6.42 Å². The number of nitrogens with two attached hydrogens (primary N) is 1. The highest BCUT2D eigenvalue weighted by Gasteiger charge is 1.87. The van der Waals surface area contributed by atoms with Gasteiger partial charge in [-0.3, -0.25) is 0 Å². The van der Waals surface area contributed by atoms with Crippen LogP contribution < -0.4 is 5.73 Å². The molecule has 2 N–H and O–H groups in total. The smallest absolute Gasteiger partial charge is 0.108 e. The van der Waals surface area contributed by atoms with Crippen LogP contribution in [0.5, 0.6) is 0 Å². The summed E-state index contributed by atoms with van der Waals surface area (Å²) < 4.78 is 0. The highest BCUT2D eigenvalue weighted by Crippen LogP contribution is 1.82. The first kappa shape index (κ1) is 7.34. The second-order valence-corrected chi connectivity index (χ2v) is 1.43. The molecule has 1 unspecified atom stereocenters. The topological polar surface area (TPSA) is 50.7 Å². The van der Waals surface area contributed by atoms with Crippen LogP contribution in [0.4, 0.5) is 0 Å². The molecule has 0 aliphatic heterocycles. The van der Waals surface area contributed by atoms with E-state index >= 15 is 0 Å². The third-order valence-electron chi connectivity index (χ3n) is 0.742. The molecule has 46 valence electrons. The largest absolute Gasteiger partial charge is 0.309 e. The van der Waals surface area contributed by atoms with Crippen molar-refractivity contribution in [1.82, 2.24) is 0 Å². The zero-order valence-electron chi connectivity index (χ0n) is 5.26. The molecule has 0 radical (unpaired) electrons. The Hall–Kier alpha value is -0.660. The van der Waals surface area contributed by atoms with Gasteiger partial charge in [0.25, 0.3) is 0 Å². The molecule has 8 heavy (non-hydrogen) atoms. The van der Waals surface area contributed by atoms with Crippen LogP contribution >= 0.6 is 0 Å². The Kier molecular flexibility index (Phi) is 4.13. The van der Waals surface area contributed by atoms with Crippen molar-refractivity contribution in [2.24, 2.45) is 15.7 Å². The van der Waals surface area contributed by atoms with Crippen molar-refractivity contribution < 1.29 is 0 Å². The summed E-state index contributed by atoms with van der Waals surface area (Å²) in [6, 6.07) is 2.42. The van der Waals surface area contributed by atoms with Crippen LogP contribution in [0.1, 0.15) is 13.3 Å². The van der Waals surface area contributed by atoms with E-state index in [2.05, 4.69) is 16.0 Å². The maximum absolute atomic E-state index is 5.37. The summed E-state index contributed by atoms with van der Waals surface area (Å²) >= 11 is 0. The molecule has 0 heterocycles. The lowest BCUT2D eigenvalue weighted by atomic mass is 10.4. The first-order chi connectivity index (χ1) is 3.81. The Morgan fingerprint density at radius 2 is 2.38 bits per heavy atom. The minimum absolute atomic E-state index is 0.126. The highest BCUT2D eigenvalue weighted by atomic mass is 14.9. The summed E-state index contributed by atoms with van der Waals surface area (Å²) in [7, 11) is 1.62. The second kappa shape index (κ2) is 4.50. The monoisotopic (exact) mass is 113 g/mol. The Morgan fingerprint density at radius 3 is 2.75 bits per heavy atom. The van der Waals surface area contributed by atoms with E-state index in [1.165, 1.54) is 0 Å². The molecule has 0 amide bonds. The third-order valence-corrected chi connectivity index (χ3v) is 0.742. The summed E-state index contributed by atoms with van der Waals surface area (Å²) in [5, 5.41) is 0. The van der Waals surface area contributed by atoms with Crippen LogP contribution in [0.3, 0.4) is 0 Å². The van der Waals surface area contributed by atoms with Crippen LogP contribution in [0.15, 0.2) is 9.98 Å². The van der Waals surface area contributed by atoms with Gasteiger partial charge in [-0.15, -0.1) is 0 Å². The average Bonchev–Trinajstić information content (AvgIpc) is 1.83. The fourth-order valence-corrected chi connectivity index (χ4v) is 0.223. The molecular weight excluding hydrogens is 102 g/mol. The van der Waals surface area contributed by atoms with E-state index in [4.69, 9.17) is 5.73 Å². The van der Waals surface area contributed by atoms with E-state index in [0.717, 1.165) is 6.42 Å². The first-order valence-electron chi connectivity index (χ1n) is 2.60. The van der Waals surface area contributed by atoms with Gasteiger partial charge >= 0.3 is 0 Å². The molecule has 1 atom stereocenters. The molecule has 3 heteroatoms. The summed E-state index contributed by atoms with van der Waals surface area (Å²) in [6.45, 7) is 1.96. The van der Waals surface area contributed by atoms with Crippen molar-refractivity contribution in [1.29, 1.82) is 0 Å². The lowest BCUT2D eigenvalue weighted by Crippen LogP contribution is -2.14. The quantitative estimate of drug-likeness (QED) is 0.520. The van der Waals surface area contributed by atoms with E-state index in [0.29, 0.717) is 0 Å². The van der Waals surface area contributed by atoms with Crippen LogP contribution in [-0.4, -0.2) is 19.2 Å². The number of nitrogens with zero attached hydrogens (tertiary/aromatic N) is 2. The Morgan fingerprint density at radius 1 is 1.75 bits per heavy atom. The van der Waals surface area contributed by atoms with E-state index in [-0.39, 0.29) is 6.17 Å². The van der Waals surface area contributed by atoms with Crippen LogP contribution in [0.25, 0.3) is 0 Å². The predicted octanol–water partition coefficient (Wildman–Crippen LogP) is 0.485. The molecule has 0 saturated carbocycles. The summed E-state index contributed by atoms with van der Waals surface area (Å²) in [5.74, 6) is 0. The second-order valence-electron chi connectivity index (χ2n) is 1.43. The maximum atomic E-state index is 5.37. The zero-order chi connectivity index (χ0) is 6.41. The van der Waals surface area contributed by atoms with Gasteiger partial charge in [0.2, 0.25) is 0 Å². The molecule has 0 bridgehead atoms. The fraction of sp³-hybridized carbons (Fsp3) is 0.800. The molecule has 0 aromatic heterocycles. The Balaban J connectivity index is 3.52. The minimum atomic E-state index is -0.126. The lowest BCUT2D eigenvalue weighted by Gasteiger charge is -1.93. The van der Waals surface area contributed by atoms with Crippen molar-refractivity contribution in [2.75, 3.05) is 7.05 Å². The Bertz CT molecular complexity index is 102. The molecule has 0 aliphatic rings. The number of hydrogen-bond donors (Lipinski definition) is 1. The zero-order valence-corrected chi connectivity index (χ0v) is 5.26. The van der Waals surface area contributed by atoms with Gasteiger partial charge in [-0.25, -0.2) is 9.98 Å². The molecule has 0 aliphatic carbocycles. The molecule has 0 saturated heterocycles. The van der Waals surface area contributed by atoms with Crippen molar-refractivity contribution in [3.8, 4) is 0 Å². The summed E-state index contributed by atoms with van der Waals surface area (Å²) in [6.07, 6.45) is 0.710. The van der Waals surface area contributed by atoms with Gasteiger partial charge in [0.1, 0.15) is 6.17 Å². The average molecular weight is 113 g/mol. The van der Waals surface area contributed by atoms with Gasteiger partial charge in [-0.1, -0.05) is 6.92 Å². The van der Waals surface area contributed by atoms with E-state index < -0.39 is 0 Å². The SMILES string of the molecule is CCC(N)N=C=NC. The highest BCUT2D eigenvalue weighted by molar-refractivity contribution is 5.40. The fourth-order valence-electron chi connectivity index (χ4n) is 0.223. The number of aliphatic imine (C=N–C) groups is 2. The third kappa shape index (κ3) is 3.53. The van der Waals surface area contributed by atoms with Gasteiger partial charge in [0, 0.05) is 7.05 Å². The van der Waals surface area contributed by atoms with Crippen LogP contribution in [0, 0.1) is 0 Å². The van der Waals surface area contributed by atoms with Crippen LogP contribution in [0.2, 0.25) is 0 Å². The molecule has 0 aromatic carbocycles. The number of hydrogen-bond acceptors (Lipinski definition) is 3. The predicted molar refractivity (Wildman–Crippen MR) is 34.1 cm³/mol. The van der Waals surface area contributed by atoms with Gasteiger partial charge in [0.15, 0.2) is 0 Å².